The van der Waals surface area contributed by atoms with Gasteiger partial charge in [-0.1, -0.05) is 12.2 Å². The third-order valence-electron chi connectivity index (χ3n) is 3.71. The lowest BCUT2D eigenvalue weighted by molar-refractivity contribution is -0.137. The van der Waals surface area contributed by atoms with Gasteiger partial charge in [-0.05, 0) is 38.0 Å². The van der Waals surface area contributed by atoms with Gasteiger partial charge in [-0.25, -0.2) is 0 Å². The minimum atomic E-state index is 0.197. The number of hydrogen-bond acceptors (Lipinski definition) is 2. The highest BCUT2D eigenvalue weighted by atomic mass is 16.3. The second-order valence-electron chi connectivity index (χ2n) is 4.96. The van der Waals surface area contributed by atoms with Gasteiger partial charge in [-0.2, -0.15) is 0 Å². The van der Waals surface area contributed by atoms with Crippen LogP contribution in [0.4, 0.5) is 0 Å². The highest BCUT2D eigenvalue weighted by molar-refractivity contribution is 5.79. The van der Waals surface area contributed by atoms with Gasteiger partial charge < -0.3 is 10.0 Å². The van der Waals surface area contributed by atoms with Crippen LogP contribution >= 0.6 is 0 Å². The summed E-state index contributed by atoms with van der Waals surface area (Å²) in [7, 11) is 0. The summed E-state index contributed by atoms with van der Waals surface area (Å²) in [5.41, 5.74) is 0. The van der Waals surface area contributed by atoms with Gasteiger partial charge in [0.05, 0.1) is 0 Å². The normalized spacial score (nSPS) is 30.4. The first-order valence-corrected chi connectivity index (χ1v) is 6.36. The summed E-state index contributed by atoms with van der Waals surface area (Å²) >= 11 is 0. The average Bonchev–Trinajstić information content (AvgIpc) is 2.39. The lowest BCUT2D eigenvalue weighted by atomic mass is 9.91. The molecule has 3 heteroatoms. The number of allylic oxidation sites excluding steroid dienone is 2. The number of amides is 1. The summed E-state index contributed by atoms with van der Waals surface area (Å²) in [5, 5.41) is 9.15. The maximum atomic E-state index is 12.2. The maximum Gasteiger partial charge on any atom is 0.226 e. The fourth-order valence-electron chi connectivity index (χ4n) is 2.69. The number of nitrogens with zero attached hydrogens (tertiary/aromatic N) is 1. The molecule has 0 aromatic heterocycles. The van der Waals surface area contributed by atoms with Gasteiger partial charge in [0.1, 0.15) is 0 Å². The van der Waals surface area contributed by atoms with Crippen molar-refractivity contribution in [2.45, 2.75) is 32.1 Å². The quantitative estimate of drug-likeness (QED) is 0.722. The Morgan fingerprint density at radius 1 is 1.38 bits per heavy atom. The van der Waals surface area contributed by atoms with Gasteiger partial charge in [0.25, 0.3) is 0 Å². The average molecular weight is 223 g/mol. The summed E-state index contributed by atoms with van der Waals surface area (Å²) in [6.07, 6.45) is 9.32. The third-order valence-corrected chi connectivity index (χ3v) is 3.71. The van der Waals surface area contributed by atoms with Crippen LogP contribution in [0, 0.1) is 11.8 Å². The molecule has 2 aliphatic rings. The number of carbonyl (C=O) groups is 1. The van der Waals surface area contributed by atoms with Crippen LogP contribution in [0.3, 0.4) is 0 Å². The molecule has 1 amide bonds. The summed E-state index contributed by atoms with van der Waals surface area (Å²) < 4.78 is 0. The molecule has 2 rings (SSSR count). The van der Waals surface area contributed by atoms with Crippen molar-refractivity contribution in [1.82, 2.24) is 4.90 Å². The SMILES string of the molecule is O=C(C1CC=CCC1)N1CCCC(CO)C1. The van der Waals surface area contributed by atoms with E-state index >= 15 is 0 Å². The van der Waals surface area contributed by atoms with Gasteiger partial charge in [-0.3, -0.25) is 4.79 Å². The van der Waals surface area contributed by atoms with Crippen LogP contribution in [0.2, 0.25) is 0 Å². The van der Waals surface area contributed by atoms with Crippen LogP contribution in [0.25, 0.3) is 0 Å². The molecule has 0 aromatic rings. The van der Waals surface area contributed by atoms with Crippen molar-refractivity contribution >= 4 is 5.91 Å². The van der Waals surface area contributed by atoms with E-state index in [4.69, 9.17) is 5.11 Å². The Bertz CT molecular complexity index is 275. The van der Waals surface area contributed by atoms with E-state index in [1.807, 2.05) is 4.90 Å². The Kier molecular flexibility index (Phi) is 3.99. The molecule has 1 saturated heterocycles. The minimum Gasteiger partial charge on any atom is -0.396 e. The van der Waals surface area contributed by atoms with Crippen LogP contribution < -0.4 is 0 Å². The van der Waals surface area contributed by atoms with E-state index in [9.17, 15) is 4.79 Å². The van der Waals surface area contributed by atoms with Gasteiger partial charge in [0.15, 0.2) is 0 Å². The molecule has 1 aliphatic carbocycles. The smallest absolute Gasteiger partial charge is 0.226 e. The first kappa shape index (κ1) is 11.6. The van der Waals surface area contributed by atoms with Crippen molar-refractivity contribution in [2.75, 3.05) is 19.7 Å². The maximum absolute atomic E-state index is 12.2. The summed E-state index contributed by atoms with van der Waals surface area (Å²) in [6.45, 7) is 1.86. The van der Waals surface area contributed by atoms with Crippen molar-refractivity contribution in [3.8, 4) is 0 Å². The number of piperidine rings is 1. The largest absolute Gasteiger partial charge is 0.396 e. The topological polar surface area (TPSA) is 40.5 Å². The zero-order valence-electron chi connectivity index (χ0n) is 9.77. The number of likely N-dealkylation sites (tertiary alicyclic amines) is 1. The van der Waals surface area contributed by atoms with E-state index in [1.165, 1.54) is 0 Å². The highest BCUT2D eigenvalue weighted by Crippen LogP contribution is 2.24. The Balaban J connectivity index is 1.90. The summed E-state index contributed by atoms with van der Waals surface area (Å²) in [4.78, 5) is 14.2. The van der Waals surface area contributed by atoms with Crippen LogP contribution in [-0.4, -0.2) is 35.6 Å². The second-order valence-corrected chi connectivity index (χ2v) is 4.96. The minimum absolute atomic E-state index is 0.197. The van der Waals surface area contributed by atoms with E-state index in [0.717, 1.165) is 45.2 Å². The molecule has 1 N–H and O–H groups in total. The van der Waals surface area contributed by atoms with E-state index in [2.05, 4.69) is 12.2 Å². The number of carbonyl (C=O) groups excluding carboxylic acids is 1. The molecular weight excluding hydrogens is 202 g/mol. The number of aliphatic hydroxyl groups excluding tert-OH is 1. The summed E-state index contributed by atoms with van der Waals surface area (Å²) in [5.74, 6) is 0.807. The molecule has 90 valence electrons. The lowest BCUT2D eigenvalue weighted by Gasteiger charge is -2.34. The van der Waals surface area contributed by atoms with E-state index in [0.29, 0.717) is 11.8 Å². The standard InChI is InChI=1S/C13H21NO2/c15-10-11-5-4-8-14(9-11)13(16)12-6-2-1-3-7-12/h1-2,11-12,15H,3-10H2. The third kappa shape index (κ3) is 2.64. The zero-order chi connectivity index (χ0) is 11.4. The molecule has 1 heterocycles. The van der Waals surface area contributed by atoms with Crippen LogP contribution in [0.5, 0.6) is 0 Å². The Morgan fingerprint density at radius 2 is 2.25 bits per heavy atom. The predicted octanol–water partition coefficient (Wildman–Crippen LogP) is 1.57. The molecule has 3 nitrogen and oxygen atoms in total. The van der Waals surface area contributed by atoms with Crippen molar-refractivity contribution in [3.63, 3.8) is 0 Å². The molecular formula is C13H21NO2. The summed E-state index contributed by atoms with van der Waals surface area (Å²) in [6, 6.07) is 0. The van der Waals surface area contributed by atoms with E-state index in [1.54, 1.807) is 0 Å². The van der Waals surface area contributed by atoms with Crippen LogP contribution in [0.15, 0.2) is 12.2 Å². The molecule has 0 aromatic carbocycles. The fraction of sp³-hybridized carbons (Fsp3) is 0.769. The monoisotopic (exact) mass is 223 g/mol. The zero-order valence-corrected chi connectivity index (χ0v) is 9.77. The Hall–Kier alpha value is -0.830. The van der Waals surface area contributed by atoms with E-state index in [-0.39, 0.29) is 12.5 Å². The molecule has 0 radical (unpaired) electrons. The molecule has 2 atom stereocenters. The molecule has 1 fully saturated rings. The molecule has 16 heavy (non-hydrogen) atoms. The van der Waals surface area contributed by atoms with Gasteiger partial charge in [0, 0.05) is 25.6 Å². The van der Waals surface area contributed by atoms with Gasteiger partial charge in [0.2, 0.25) is 5.91 Å². The molecule has 0 bridgehead atoms. The van der Waals surface area contributed by atoms with Crippen molar-refractivity contribution in [1.29, 1.82) is 0 Å². The van der Waals surface area contributed by atoms with Gasteiger partial charge in [-0.15, -0.1) is 0 Å². The predicted molar refractivity (Wildman–Crippen MR) is 62.9 cm³/mol. The molecule has 1 aliphatic heterocycles. The van der Waals surface area contributed by atoms with Gasteiger partial charge >= 0.3 is 0 Å². The second kappa shape index (κ2) is 5.48. The fourth-order valence-corrected chi connectivity index (χ4v) is 2.69. The highest BCUT2D eigenvalue weighted by Gasteiger charge is 2.28. The Morgan fingerprint density at radius 3 is 2.94 bits per heavy atom. The first-order valence-electron chi connectivity index (χ1n) is 6.36. The number of rotatable bonds is 2. The lowest BCUT2D eigenvalue weighted by Crippen LogP contribution is -2.44. The van der Waals surface area contributed by atoms with Crippen molar-refractivity contribution in [3.05, 3.63) is 12.2 Å². The van der Waals surface area contributed by atoms with Crippen molar-refractivity contribution in [2.24, 2.45) is 11.8 Å². The molecule has 2 unspecified atom stereocenters. The number of hydrogen-bond donors (Lipinski definition) is 1. The Labute approximate surface area is 97.1 Å². The first-order chi connectivity index (χ1) is 7.81. The molecule has 0 spiro atoms. The van der Waals surface area contributed by atoms with E-state index < -0.39 is 0 Å². The number of aliphatic hydroxyl groups is 1. The molecule has 0 saturated carbocycles. The van der Waals surface area contributed by atoms with Crippen LogP contribution in [-0.2, 0) is 4.79 Å². The van der Waals surface area contributed by atoms with Crippen LogP contribution in [0.1, 0.15) is 32.1 Å². The van der Waals surface area contributed by atoms with Crippen molar-refractivity contribution < 1.29 is 9.90 Å².